The molecule has 1 aromatic carbocycles. The number of halogens is 1. The van der Waals surface area contributed by atoms with Gasteiger partial charge in [-0.25, -0.2) is 14.1 Å². The van der Waals surface area contributed by atoms with Crippen LogP contribution in [0.25, 0.3) is 5.69 Å². The van der Waals surface area contributed by atoms with Crippen molar-refractivity contribution in [2.75, 3.05) is 6.54 Å². The van der Waals surface area contributed by atoms with E-state index in [1.165, 1.54) is 37.8 Å². The lowest BCUT2D eigenvalue weighted by atomic mass is 9.78. The number of fused-ring (bicyclic) bond motifs is 1. The summed E-state index contributed by atoms with van der Waals surface area (Å²) in [6.07, 6.45) is 7.08. The van der Waals surface area contributed by atoms with E-state index in [1.807, 2.05) is 11.8 Å². The van der Waals surface area contributed by atoms with Gasteiger partial charge >= 0.3 is 0 Å². The maximum absolute atomic E-state index is 13.1. The Morgan fingerprint density at radius 1 is 1.12 bits per heavy atom. The summed E-state index contributed by atoms with van der Waals surface area (Å²) in [6, 6.07) is 6.39. The van der Waals surface area contributed by atoms with Crippen molar-refractivity contribution in [3.8, 4) is 5.69 Å². The molecule has 0 N–H and O–H groups in total. The summed E-state index contributed by atoms with van der Waals surface area (Å²) in [5.41, 5.74) is 0.708. The lowest BCUT2D eigenvalue weighted by molar-refractivity contribution is 0.0379. The second-order valence-electron chi connectivity index (χ2n) is 7.12. The van der Waals surface area contributed by atoms with Gasteiger partial charge in [-0.3, -0.25) is 4.79 Å². The van der Waals surface area contributed by atoms with Crippen LogP contribution in [0.2, 0.25) is 0 Å². The van der Waals surface area contributed by atoms with Crippen molar-refractivity contribution in [2.45, 2.75) is 51.5 Å². The summed E-state index contributed by atoms with van der Waals surface area (Å²) in [7, 11) is 0. The number of carbonyl (C=O) groups excluding carboxylic acids is 1. The number of benzene rings is 1. The van der Waals surface area contributed by atoms with E-state index < -0.39 is 0 Å². The van der Waals surface area contributed by atoms with Gasteiger partial charge < -0.3 is 4.90 Å². The average Bonchev–Trinajstić information content (AvgIpc) is 3.03. The zero-order valence-corrected chi connectivity index (χ0v) is 14.5. The van der Waals surface area contributed by atoms with E-state index in [4.69, 9.17) is 0 Å². The van der Waals surface area contributed by atoms with Gasteiger partial charge in [-0.1, -0.05) is 12.8 Å². The van der Waals surface area contributed by atoms with Crippen molar-refractivity contribution in [1.82, 2.24) is 19.7 Å². The number of hydrogen-bond acceptors (Lipinski definition) is 3. The van der Waals surface area contributed by atoms with E-state index in [-0.39, 0.29) is 17.5 Å². The third-order valence-electron chi connectivity index (χ3n) is 5.54. The summed E-state index contributed by atoms with van der Waals surface area (Å²) in [6.45, 7) is 2.61. The Morgan fingerprint density at radius 3 is 2.64 bits per heavy atom. The zero-order chi connectivity index (χ0) is 17.4. The monoisotopic (exact) mass is 342 g/mol. The van der Waals surface area contributed by atoms with Gasteiger partial charge in [-0.15, -0.1) is 5.10 Å². The smallest absolute Gasteiger partial charge is 0.293 e. The molecule has 2 aliphatic rings. The topological polar surface area (TPSA) is 51.0 Å². The summed E-state index contributed by atoms with van der Waals surface area (Å²) >= 11 is 0. The molecule has 25 heavy (non-hydrogen) atoms. The van der Waals surface area contributed by atoms with Gasteiger partial charge in [0.25, 0.3) is 5.91 Å². The van der Waals surface area contributed by atoms with Crippen LogP contribution in [0.15, 0.2) is 24.3 Å². The van der Waals surface area contributed by atoms with Crippen molar-refractivity contribution in [3.63, 3.8) is 0 Å². The highest BCUT2D eigenvalue weighted by molar-refractivity contribution is 5.90. The molecule has 1 amide bonds. The highest BCUT2D eigenvalue weighted by atomic mass is 19.1. The SMILES string of the molecule is Cc1nc(C(=O)N2CCC[C@H]3CCCC[C@H]32)nn1-c1ccc(F)cc1. The molecule has 2 atom stereocenters. The highest BCUT2D eigenvalue weighted by Crippen LogP contribution is 2.35. The number of aryl methyl sites for hydroxylation is 1. The zero-order valence-electron chi connectivity index (χ0n) is 14.5. The van der Waals surface area contributed by atoms with E-state index >= 15 is 0 Å². The van der Waals surface area contributed by atoms with Gasteiger partial charge in [0.15, 0.2) is 0 Å². The van der Waals surface area contributed by atoms with Gasteiger partial charge in [-0.2, -0.15) is 0 Å². The van der Waals surface area contributed by atoms with E-state index in [9.17, 15) is 9.18 Å². The van der Waals surface area contributed by atoms with Gasteiger partial charge in [0, 0.05) is 12.6 Å². The van der Waals surface area contributed by atoms with Crippen molar-refractivity contribution in [3.05, 3.63) is 41.7 Å². The Morgan fingerprint density at radius 2 is 1.84 bits per heavy atom. The molecule has 0 unspecified atom stereocenters. The molecule has 0 radical (unpaired) electrons. The summed E-state index contributed by atoms with van der Waals surface area (Å²) < 4.78 is 14.7. The summed E-state index contributed by atoms with van der Waals surface area (Å²) in [4.78, 5) is 19.4. The normalized spacial score (nSPS) is 23.4. The van der Waals surface area contributed by atoms with Gasteiger partial charge in [0.2, 0.25) is 5.82 Å². The van der Waals surface area contributed by atoms with Crippen molar-refractivity contribution < 1.29 is 9.18 Å². The number of piperidine rings is 1. The van der Waals surface area contributed by atoms with Crippen molar-refractivity contribution in [1.29, 1.82) is 0 Å². The van der Waals surface area contributed by atoms with E-state index in [0.29, 0.717) is 23.5 Å². The molecule has 2 aromatic rings. The standard InChI is InChI=1S/C19H23FN4O/c1-13-21-18(22-24(13)16-10-8-15(20)9-11-16)19(25)23-12-4-6-14-5-2-3-7-17(14)23/h8-11,14,17H,2-7,12H2,1H3/t14-,17-/m1/s1. The van der Waals surface area contributed by atoms with Crippen LogP contribution >= 0.6 is 0 Å². The third-order valence-corrected chi connectivity index (χ3v) is 5.54. The van der Waals surface area contributed by atoms with Gasteiger partial charge in [0.05, 0.1) is 5.69 Å². The fraction of sp³-hybridized carbons (Fsp3) is 0.526. The summed E-state index contributed by atoms with van der Waals surface area (Å²) in [5, 5.41) is 4.41. The molecule has 6 heteroatoms. The molecule has 5 nitrogen and oxygen atoms in total. The first kappa shape index (κ1) is 16.2. The predicted octanol–water partition coefficient (Wildman–Crippen LogP) is 3.51. The van der Waals surface area contributed by atoms with Crippen LogP contribution in [-0.2, 0) is 0 Å². The molecular weight excluding hydrogens is 319 g/mol. The van der Waals surface area contributed by atoms with Crippen LogP contribution in [0.5, 0.6) is 0 Å². The molecule has 132 valence electrons. The number of hydrogen-bond donors (Lipinski definition) is 0. The van der Waals surface area contributed by atoms with Gasteiger partial charge in [0.1, 0.15) is 11.6 Å². The number of aromatic nitrogens is 3. The van der Waals surface area contributed by atoms with Crippen molar-refractivity contribution >= 4 is 5.91 Å². The molecule has 1 saturated carbocycles. The molecule has 1 aliphatic heterocycles. The first-order chi connectivity index (χ1) is 12.1. The quantitative estimate of drug-likeness (QED) is 0.839. The fourth-order valence-corrected chi connectivity index (χ4v) is 4.31. The Labute approximate surface area is 146 Å². The van der Waals surface area contributed by atoms with Gasteiger partial charge in [-0.05, 0) is 62.8 Å². The van der Waals surface area contributed by atoms with Crippen molar-refractivity contribution in [2.24, 2.45) is 5.92 Å². The second-order valence-corrected chi connectivity index (χ2v) is 7.12. The molecule has 2 heterocycles. The number of likely N-dealkylation sites (tertiary alicyclic amines) is 1. The largest absolute Gasteiger partial charge is 0.333 e. The number of nitrogens with zero attached hydrogens (tertiary/aromatic N) is 4. The Bertz CT molecular complexity index is 768. The first-order valence-electron chi connectivity index (χ1n) is 9.14. The van der Waals surface area contributed by atoms with E-state index in [1.54, 1.807) is 16.8 Å². The van der Waals surface area contributed by atoms with Crippen LogP contribution < -0.4 is 0 Å². The Balaban J connectivity index is 1.60. The van der Waals surface area contributed by atoms with E-state index in [2.05, 4.69) is 10.1 Å². The minimum absolute atomic E-state index is 0.0689. The summed E-state index contributed by atoms with van der Waals surface area (Å²) in [5.74, 6) is 1.14. The molecule has 0 bridgehead atoms. The van der Waals surface area contributed by atoms with Crippen LogP contribution in [0.3, 0.4) is 0 Å². The molecule has 2 fully saturated rings. The van der Waals surface area contributed by atoms with Crippen LogP contribution in [0.1, 0.15) is 55.0 Å². The maximum atomic E-state index is 13.1. The number of rotatable bonds is 2. The lowest BCUT2D eigenvalue weighted by Gasteiger charge is -2.43. The van der Waals surface area contributed by atoms with Crippen LogP contribution in [0.4, 0.5) is 4.39 Å². The lowest BCUT2D eigenvalue weighted by Crippen LogP contribution is -2.49. The average molecular weight is 342 g/mol. The molecule has 0 spiro atoms. The number of carbonyl (C=O) groups is 1. The van der Waals surface area contributed by atoms with Crippen LogP contribution in [-0.4, -0.2) is 38.2 Å². The molecular formula is C19H23FN4O. The minimum Gasteiger partial charge on any atom is -0.333 e. The van der Waals surface area contributed by atoms with Crippen LogP contribution in [0, 0.1) is 18.7 Å². The highest BCUT2D eigenvalue weighted by Gasteiger charge is 2.37. The first-order valence-corrected chi connectivity index (χ1v) is 9.14. The predicted molar refractivity (Wildman–Crippen MR) is 92.1 cm³/mol. The van der Waals surface area contributed by atoms with E-state index in [0.717, 1.165) is 19.4 Å². The minimum atomic E-state index is -0.297. The molecule has 1 saturated heterocycles. The maximum Gasteiger partial charge on any atom is 0.293 e. The molecule has 1 aliphatic carbocycles. The molecule has 4 rings (SSSR count). The molecule has 1 aromatic heterocycles. The Hall–Kier alpha value is -2.24. The Kier molecular flexibility index (Phi) is 4.27. The third kappa shape index (κ3) is 3.05. The second kappa shape index (κ2) is 6.58. The fourth-order valence-electron chi connectivity index (χ4n) is 4.31. The number of amides is 1.